The molecule has 25 heavy (non-hydrogen) atoms. The highest BCUT2D eigenvalue weighted by Gasteiger charge is 2.25. The Balaban J connectivity index is 1.74. The highest BCUT2D eigenvalue weighted by Crippen LogP contribution is 2.21. The van der Waals surface area contributed by atoms with Gasteiger partial charge in [0.05, 0.1) is 18.3 Å². The van der Waals surface area contributed by atoms with Crippen LogP contribution < -0.4 is 4.90 Å². The fraction of sp³-hybridized carbons (Fsp3) is 0.316. The number of aromatic nitrogens is 1. The topological polar surface area (TPSA) is 75.5 Å². The van der Waals surface area contributed by atoms with Gasteiger partial charge in [-0.25, -0.2) is 9.78 Å². The summed E-state index contributed by atoms with van der Waals surface area (Å²) >= 11 is 0. The van der Waals surface area contributed by atoms with Crippen molar-refractivity contribution in [2.24, 2.45) is 0 Å². The molecule has 1 saturated heterocycles. The molecule has 0 spiro atoms. The average molecular weight is 337 g/mol. The van der Waals surface area contributed by atoms with Gasteiger partial charge in [0.25, 0.3) is 0 Å². The maximum Gasteiger partial charge on any atom is 0.414 e. The molecule has 1 amide bonds. The molecule has 1 aliphatic rings. The van der Waals surface area contributed by atoms with Gasteiger partial charge in [-0.05, 0) is 30.5 Å². The quantitative estimate of drug-likeness (QED) is 0.837. The van der Waals surface area contributed by atoms with Crippen molar-refractivity contribution in [3.63, 3.8) is 0 Å². The number of nitriles is 1. The van der Waals surface area contributed by atoms with Crippen molar-refractivity contribution in [3.05, 3.63) is 59.9 Å². The largest absolute Gasteiger partial charge is 0.444 e. The molecule has 2 aromatic rings. The number of nitrogens with zero attached hydrogens (tertiary/aromatic N) is 3. The van der Waals surface area contributed by atoms with Crippen LogP contribution in [0.3, 0.4) is 0 Å². The van der Waals surface area contributed by atoms with Crippen LogP contribution in [0, 0.1) is 11.3 Å². The number of rotatable bonds is 5. The second-order valence-corrected chi connectivity index (χ2v) is 5.80. The summed E-state index contributed by atoms with van der Waals surface area (Å²) in [7, 11) is 0. The first-order valence-electron chi connectivity index (χ1n) is 8.22. The molecule has 2 heterocycles. The van der Waals surface area contributed by atoms with Crippen molar-refractivity contribution in [1.29, 1.82) is 5.26 Å². The van der Waals surface area contributed by atoms with Gasteiger partial charge in [0.1, 0.15) is 18.4 Å². The summed E-state index contributed by atoms with van der Waals surface area (Å²) in [6.45, 7) is 1.29. The summed E-state index contributed by atoms with van der Waals surface area (Å²) < 4.78 is 11.1. The van der Waals surface area contributed by atoms with Crippen LogP contribution in [0.4, 0.5) is 10.5 Å². The standard InChI is InChI=1S/C19H19N3O3/c20-12-16-11-17(8-9-21-16)22(13-18-7-4-10-24-18)19(23)25-14-15-5-2-1-3-6-15/h1-3,5-6,8-9,11,18H,4,7,10,13-14H2. The molecule has 3 rings (SSSR count). The lowest BCUT2D eigenvalue weighted by Crippen LogP contribution is -2.38. The lowest BCUT2D eigenvalue weighted by atomic mass is 10.2. The van der Waals surface area contributed by atoms with Crippen LogP contribution in [0.1, 0.15) is 24.1 Å². The average Bonchev–Trinajstić information content (AvgIpc) is 3.18. The van der Waals surface area contributed by atoms with Gasteiger partial charge < -0.3 is 9.47 Å². The molecule has 1 aromatic heterocycles. The molecule has 1 fully saturated rings. The summed E-state index contributed by atoms with van der Waals surface area (Å²) in [5.41, 5.74) is 1.76. The van der Waals surface area contributed by atoms with E-state index in [0.29, 0.717) is 18.8 Å². The Morgan fingerprint density at radius 3 is 2.92 bits per heavy atom. The zero-order valence-corrected chi connectivity index (χ0v) is 13.8. The van der Waals surface area contributed by atoms with Crippen molar-refractivity contribution < 1.29 is 14.3 Å². The zero-order valence-electron chi connectivity index (χ0n) is 13.8. The molecule has 1 unspecified atom stereocenters. The maximum atomic E-state index is 12.6. The molecule has 0 saturated carbocycles. The van der Waals surface area contributed by atoms with E-state index in [1.807, 2.05) is 36.4 Å². The summed E-state index contributed by atoms with van der Waals surface area (Å²) in [5.74, 6) is 0. The van der Waals surface area contributed by atoms with E-state index in [1.54, 1.807) is 12.1 Å². The number of carbonyl (C=O) groups excluding carboxylic acids is 1. The summed E-state index contributed by atoms with van der Waals surface area (Å²) in [4.78, 5) is 18.1. The third kappa shape index (κ3) is 4.55. The molecule has 1 aromatic carbocycles. The van der Waals surface area contributed by atoms with E-state index in [1.165, 1.54) is 11.1 Å². The fourth-order valence-electron chi connectivity index (χ4n) is 2.72. The third-order valence-electron chi connectivity index (χ3n) is 4.01. The number of benzene rings is 1. The first-order chi connectivity index (χ1) is 12.3. The second kappa shape index (κ2) is 8.27. The van der Waals surface area contributed by atoms with Gasteiger partial charge in [-0.1, -0.05) is 30.3 Å². The van der Waals surface area contributed by atoms with E-state index in [4.69, 9.17) is 14.7 Å². The minimum Gasteiger partial charge on any atom is -0.444 e. The van der Waals surface area contributed by atoms with E-state index in [-0.39, 0.29) is 18.4 Å². The van der Waals surface area contributed by atoms with Crippen LogP contribution in [0.5, 0.6) is 0 Å². The second-order valence-electron chi connectivity index (χ2n) is 5.80. The van der Waals surface area contributed by atoms with Gasteiger partial charge >= 0.3 is 6.09 Å². The monoisotopic (exact) mass is 337 g/mol. The van der Waals surface area contributed by atoms with Gasteiger partial charge in [-0.3, -0.25) is 4.90 Å². The SMILES string of the molecule is N#Cc1cc(N(CC2CCCO2)C(=O)OCc2ccccc2)ccn1. The van der Waals surface area contributed by atoms with Crippen LogP contribution in [-0.4, -0.2) is 30.3 Å². The van der Waals surface area contributed by atoms with E-state index >= 15 is 0 Å². The van der Waals surface area contributed by atoms with E-state index < -0.39 is 6.09 Å². The Kier molecular flexibility index (Phi) is 5.60. The first-order valence-corrected chi connectivity index (χ1v) is 8.22. The number of carbonyl (C=O) groups is 1. The van der Waals surface area contributed by atoms with E-state index in [2.05, 4.69) is 4.98 Å². The lowest BCUT2D eigenvalue weighted by Gasteiger charge is -2.25. The number of hydrogen-bond donors (Lipinski definition) is 0. The Morgan fingerprint density at radius 2 is 2.20 bits per heavy atom. The van der Waals surface area contributed by atoms with Crippen molar-refractivity contribution in [1.82, 2.24) is 4.98 Å². The Morgan fingerprint density at radius 1 is 1.36 bits per heavy atom. The predicted molar refractivity (Wildman–Crippen MR) is 91.9 cm³/mol. The number of hydrogen-bond acceptors (Lipinski definition) is 5. The number of pyridine rings is 1. The molecule has 0 radical (unpaired) electrons. The molecule has 1 atom stereocenters. The van der Waals surface area contributed by atoms with Crippen LogP contribution in [-0.2, 0) is 16.1 Å². The Bertz CT molecular complexity index is 752. The van der Waals surface area contributed by atoms with Crippen LogP contribution in [0.2, 0.25) is 0 Å². The molecule has 6 heteroatoms. The molecule has 0 aliphatic carbocycles. The first kappa shape index (κ1) is 16.9. The van der Waals surface area contributed by atoms with Gasteiger partial charge in [0, 0.05) is 12.8 Å². The van der Waals surface area contributed by atoms with Crippen LogP contribution in [0.15, 0.2) is 48.7 Å². The van der Waals surface area contributed by atoms with Gasteiger partial charge in [-0.2, -0.15) is 5.26 Å². The zero-order chi connectivity index (χ0) is 17.5. The smallest absolute Gasteiger partial charge is 0.414 e. The van der Waals surface area contributed by atoms with Gasteiger partial charge in [0.2, 0.25) is 0 Å². The molecular weight excluding hydrogens is 318 g/mol. The van der Waals surface area contributed by atoms with E-state index in [9.17, 15) is 4.79 Å². The molecule has 6 nitrogen and oxygen atoms in total. The van der Waals surface area contributed by atoms with E-state index in [0.717, 1.165) is 18.4 Å². The van der Waals surface area contributed by atoms with Crippen molar-refractivity contribution in [2.45, 2.75) is 25.6 Å². The molecule has 128 valence electrons. The summed E-state index contributed by atoms with van der Waals surface area (Å²) in [5, 5.41) is 9.05. The number of amides is 1. The third-order valence-corrected chi connectivity index (χ3v) is 4.01. The van der Waals surface area contributed by atoms with Crippen molar-refractivity contribution >= 4 is 11.8 Å². The number of ether oxygens (including phenoxy) is 2. The normalized spacial score (nSPS) is 16.2. The number of anilines is 1. The van der Waals surface area contributed by atoms with Crippen LogP contribution in [0.25, 0.3) is 0 Å². The molecule has 0 bridgehead atoms. The summed E-state index contributed by atoms with van der Waals surface area (Å²) in [6, 6.07) is 14.8. The maximum absolute atomic E-state index is 12.6. The van der Waals surface area contributed by atoms with Crippen molar-refractivity contribution in [2.75, 3.05) is 18.1 Å². The Labute approximate surface area is 146 Å². The minimum absolute atomic E-state index is 0.0250. The molecule has 0 N–H and O–H groups in total. The Hall–Kier alpha value is -2.91. The van der Waals surface area contributed by atoms with Crippen molar-refractivity contribution in [3.8, 4) is 6.07 Å². The fourth-order valence-corrected chi connectivity index (χ4v) is 2.72. The van der Waals surface area contributed by atoms with Crippen LogP contribution >= 0.6 is 0 Å². The summed E-state index contributed by atoms with van der Waals surface area (Å²) in [6.07, 6.45) is 2.91. The minimum atomic E-state index is -0.463. The van der Waals surface area contributed by atoms with Gasteiger partial charge in [0.15, 0.2) is 0 Å². The molecule has 1 aliphatic heterocycles. The van der Waals surface area contributed by atoms with Gasteiger partial charge in [-0.15, -0.1) is 0 Å². The predicted octanol–water partition coefficient (Wildman–Crippen LogP) is 3.28. The highest BCUT2D eigenvalue weighted by molar-refractivity contribution is 5.87. The lowest BCUT2D eigenvalue weighted by molar-refractivity contribution is 0.108. The molecular formula is C19H19N3O3. The highest BCUT2D eigenvalue weighted by atomic mass is 16.6.